The molecule has 0 atom stereocenters. The number of allylic oxidation sites excluding steroid dienone is 2. The number of nitrogens with zero attached hydrogens (tertiary/aromatic N) is 1. The maximum atomic E-state index is 12.3. The minimum absolute atomic E-state index is 0.0133. The highest BCUT2D eigenvalue weighted by Crippen LogP contribution is 2.35. The molecule has 2 rings (SSSR count). The van der Waals surface area contributed by atoms with Crippen molar-refractivity contribution in [1.82, 2.24) is 10.4 Å². The molecule has 1 N–H and O–H groups in total. The first kappa shape index (κ1) is 16.5. The van der Waals surface area contributed by atoms with Crippen LogP contribution in [0, 0.1) is 5.92 Å². The smallest absolute Gasteiger partial charge is 0.428 e. The van der Waals surface area contributed by atoms with Crippen LogP contribution in [0.4, 0.5) is 4.79 Å². The van der Waals surface area contributed by atoms with Gasteiger partial charge in [-0.1, -0.05) is 0 Å². The molecule has 0 heterocycles. The van der Waals surface area contributed by atoms with E-state index in [-0.39, 0.29) is 23.1 Å². The molecule has 0 radical (unpaired) electrons. The number of carbonyl (C=O) groups excluding carboxylic acids is 3. The van der Waals surface area contributed by atoms with E-state index in [0.29, 0.717) is 25.0 Å². The molecule has 2 aliphatic carbocycles. The fourth-order valence-corrected chi connectivity index (χ4v) is 2.37. The topological polar surface area (TPSA) is 75.7 Å². The zero-order valence-corrected chi connectivity index (χ0v) is 13.7. The van der Waals surface area contributed by atoms with Crippen LogP contribution in [0.5, 0.6) is 0 Å². The zero-order valence-electron chi connectivity index (χ0n) is 13.7. The Morgan fingerprint density at radius 1 is 1.23 bits per heavy atom. The monoisotopic (exact) mass is 308 g/mol. The first-order valence-electron chi connectivity index (χ1n) is 7.73. The number of hydrogen-bond donors (Lipinski definition) is 1. The summed E-state index contributed by atoms with van der Waals surface area (Å²) in [6.07, 6.45) is 2.83. The van der Waals surface area contributed by atoms with Gasteiger partial charge in [-0.25, -0.2) is 9.80 Å². The summed E-state index contributed by atoms with van der Waals surface area (Å²) in [5, 5.41) is 1.19. The fraction of sp³-hybridized carbons (Fsp3) is 0.688. The van der Waals surface area contributed by atoms with Gasteiger partial charge in [-0.05, 0) is 46.5 Å². The van der Waals surface area contributed by atoms with E-state index in [1.54, 1.807) is 20.8 Å². The maximum Gasteiger partial charge on any atom is 0.428 e. The Morgan fingerprint density at radius 3 is 2.41 bits per heavy atom. The van der Waals surface area contributed by atoms with Gasteiger partial charge in [0.1, 0.15) is 5.60 Å². The Kier molecular flexibility index (Phi) is 4.58. The Hall–Kier alpha value is -1.85. The van der Waals surface area contributed by atoms with Crippen molar-refractivity contribution in [3.05, 3.63) is 11.3 Å². The number of nitrogens with one attached hydrogen (secondary N) is 1. The molecular formula is C16H24N2O4. The third kappa shape index (κ3) is 4.08. The van der Waals surface area contributed by atoms with Gasteiger partial charge in [-0.15, -0.1) is 0 Å². The Bertz CT molecular complexity index is 527. The van der Waals surface area contributed by atoms with Crippen LogP contribution >= 0.6 is 0 Å². The van der Waals surface area contributed by atoms with E-state index < -0.39 is 11.7 Å². The van der Waals surface area contributed by atoms with Crippen molar-refractivity contribution in [2.24, 2.45) is 5.92 Å². The number of rotatable bonds is 4. The molecule has 0 unspecified atom stereocenters. The van der Waals surface area contributed by atoms with Gasteiger partial charge in [-0.3, -0.25) is 15.0 Å². The van der Waals surface area contributed by atoms with Crippen molar-refractivity contribution in [3.63, 3.8) is 0 Å². The highest BCUT2D eigenvalue weighted by atomic mass is 16.6. The highest BCUT2D eigenvalue weighted by Gasteiger charge is 2.37. The van der Waals surface area contributed by atoms with Crippen molar-refractivity contribution in [2.75, 3.05) is 7.05 Å². The Labute approximate surface area is 130 Å². The molecule has 6 nitrogen and oxygen atoms in total. The number of ether oxygens (including phenoxy) is 1. The summed E-state index contributed by atoms with van der Waals surface area (Å²) < 4.78 is 5.26. The van der Waals surface area contributed by atoms with E-state index in [1.165, 1.54) is 12.1 Å². The van der Waals surface area contributed by atoms with Crippen LogP contribution in [0.15, 0.2) is 11.3 Å². The summed E-state index contributed by atoms with van der Waals surface area (Å²) in [5.41, 5.74) is 3.08. The van der Waals surface area contributed by atoms with Crippen molar-refractivity contribution in [3.8, 4) is 0 Å². The average Bonchev–Trinajstić information content (AvgIpc) is 3.20. The van der Waals surface area contributed by atoms with Gasteiger partial charge in [0, 0.05) is 25.1 Å². The molecule has 0 aromatic carbocycles. The Morgan fingerprint density at radius 2 is 1.86 bits per heavy atom. The molecule has 0 aromatic heterocycles. The largest absolute Gasteiger partial charge is 0.442 e. The predicted octanol–water partition coefficient (Wildman–Crippen LogP) is 2.34. The van der Waals surface area contributed by atoms with Gasteiger partial charge in [0.05, 0.1) is 5.57 Å². The first-order valence-corrected chi connectivity index (χ1v) is 7.73. The van der Waals surface area contributed by atoms with Crippen molar-refractivity contribution >= 4 is 17.7 Å². The lowest BCUT2D eigenvalue weighted by atomic mass is 9.90. The van der Waals surface area contributed by atoms with Gasteiger partial charge < -0.3 is 4.74 Å². The molecule has 0 aliphatic heterocycles. The highest BCUT2D eigenvalue weighted by molar-refractivity contribution is 6.22. The SMILES string of the molecule is CN(NC1=C(C(=O)C2CC2)C(=O)CCC1)C(=O)OC(C)(C)C. The number of hydrogen-bond acceptors (Lipinski definition) is 5. The number of hydrazine groups is 1. The first-order chi connectivity index (χ1) is 10.2. The number of Topliss-reactive ketones (excluding diaryl/α,β-unsaturated/α-hetero) is 2. The summed E-state index contributed by atoms with van der Waals surface area (Å²) in [5.74, 6) is -0.214. The maximum absolute atomic E-state index is 12.3. The van der Waals surface area contributed by atoms with Gasteiger partial charge in [-0.2, -0.15) is 0 Å². The molecule has 0 spiro atoms. The minimum Gasteiger partial charge on any atom is -0.442 e. The quantitative estimate of drug-likeness (QED) is 0.637. The van der Waals surface area contributed by atoms with E-state index in [9.17, 15) is 14.4 Å². The lowest BCUT2D eigenvalue weighted by molar-refractivity contribution is -0.122. The summed E-state index contributed by atoms with van der Waals surface area (Å²) in [6.45, 7) is 5.35. The van der Waals surface area contributed by atoms with Crippen molar-refractivity contribution in [2.45, 2.75) is 58.5 Å². The van der Waals surface area contributed by atoms with Gasteiger partial charge in [0.15, 0.2) is 11.6 Å². The molecule has 1 saturated carbocycles. The van der Waals surface area contributed by atoms with E-state index >= 15 is 0 Å². The van der Waals surface area contributed by atoms with Crippen molar-refractivity contribution < 1.29 is 19.1 Å². The second kappa shape index (κ2) is 6.10. The standard InChI is InChI=1S/C16H24N2O4/c1-16(2,3)22-15(21)18(4)17-11-6-5-7-12(19)13(11)14(20)10-8-9-10/h10,17H,5-9H2,1-4H3. The van der Waals surface area contributed by atoms with Gasteiger partial charge in [0.2, 0.25) is 0 Å². The summed E-state index contributed by atoms with van der Waals surface area (Å²) in [7, 11) is 1.53. The fourth-order valence-electron chi connectivity index (χ4n) is 2.37. The molecular weight excluding hydrogens is 284 g/mol. The van der Waals surface area contributed by atoms with E-state index in [1.807, 2.05) is 0 Å². The van der Waals surface area contributed by atoms with Crippen LogP contribution in [-0.4, -0.2) is 35.3 Å². The molecule has 0 saturated heterocycles. The normalized spacial score (nSPS) is 19.0. The van der Waals surface area contributed by atoms with Gasteiger partial charge >= 0.3 is 6.09 Å². The predicted molar refractivity (Wildman–Crippen MR) is 80.7 cm³/mol. The lowest BCUT2D eigenvalue weighted by Gasteiger charge is -2.28. The third-order valence-electron chi connectivity index (χ3n) is 3.58. The summed E-state index contributed by atoms with van der Waals surface area (Å²) in [4.78, 5) is 36.4. The molecule has 1 amide bonds. The second-order valence-electron chi connectivity index (χ2n) is 6.92. The molecule has 0 aromatic rings. The van der Waals surface area contributed by atoms with E-state index in [2.05, 4.69) is 5.43 Å². The lowest BCUT2D eigenvalue weighted by Crippen LogP contribution is -2.44. The molecule has 6 heteroatoms. The zero-order chi connectivity index (χ0) is 16.5. The number of amides is 1. The van der Waals surface area contributed by atoms with Crippen LogP contribution < -0.4 is 5.43 Å². The van der Waals surface area contributed by atoms with Crippen LogP contribution in [0.3, 0.4) is 0 Å². The number of carbonyl (C=O) groups is 3. The molecule has 2 aliphatic rings. The average molecular weight is 308 g/mol. The van der Waals surface area contributed by atoms with Crippen LogP contribution in [0.2, 0.25) is 0 Å². The Balaban J connectivity index is 2.13. The minimum atomic E-state index is -0.601. The number of ketones is 2. The van der Waals surface area contributed by atoms with Crippen LogP contribution in [-0.2, 0) is 14.3 Å². The third-order valence-corrected chi connectivity index (χ3v) is 3.58. The molecule has 0 bridgehead atoms. The van der Waals surface area contributed by atoms with E-state index in [4.69, 9.17) is 4.74 Å². The van der Waals surface area contributed by atoms with Crippen LogP contribution in [0.1, 0.15) is 52.9 Å². The van der Waals surface area contributed by atoms with Crippen molar-refractivity contribution in [1.29, 1.82) is 0 Å². The van der Waals surface area contributed by atoms with E-state index in [0.717, 1.165) is 12.8 Å². The molecule has 122 valence electrons. The molecule has 1 fully saturated rings. The summed E-state index contributed by atoms with van der Waals surface area (Å²) >= 11 is 0. The second-order valence-corrected chi connectivity index (χ2v) is 6.92. The van der Waals surface area contributed by atoms with Crippen LogP contribution in [0.25, 0.3) is 0 Å². The molecule has 22 heavy (non-hydrogen) atoms. The van der Waals surface area contributed by atoms with Gasteiger partial charge in [0.25, 0.3) is 0 Å². The summed E-state index contributed by atoms with van der Waals surface area (Å²) in [6, 6.07) is 0.